The van der Waals surface area contributed by atoms with Gasteiger partial charge in [0.1, 0.15) is 5.54 Å². The van der Waals surface area contributed by atoms with Crippen LogP contribution in [0.1, 0.15) is 57.5 Å². The Morgan fingerprint density at radius 3 is 2.44 bits per heavy atom. The van der Waals surface area contributed by atoms with E-state index < -0.39 is 17.4 Å². The van der Waals surface area contributed by atoms with Crippen LogP contribution in [-0.2, 0) is 4.79 Å². The van der Waals surface area contributed by atoms with Crippen LogP contribution in [0.15, 0.2) is 64.6 Å². The Hall–Kier alpha value is -4.07. The van der Waals surface area contributed by atoms with E-state index in [-0.39, 0.29) is 18.2 Å². The molecule has 0 radical (unpaired) electrons. The third-order valence-corrected chi connectivity index (χ3v) is 5.74. The lowest BCUT2D eigenvalue weighted by Gasteiger charge is -2.25. The van der Waals surface area contributed by atoms with Crippen molar-refractivity contribution in [2.45, 2.75) is 38.1 Å². The van der Waals surface area contributed by atoms with Gasteiger partial charge in [0, 0.05) is 11.1 Å². The Bertz CT molecular complexity index is 1140. The number of amidine groups is 1. The average Bonchev–Trinajstić information content (AvgIpc) is 3.31. The summed E-state index contributed by atoms with van der Waals surface area (Å²) in [5.74, 6) is -1.74. The summed E-state index contributed by atoms with van der Waals surface area (Å²) in [6.07, 6.45) is 6.95. The highest BCUT2D eigenvalue weighted by Crippen LogP contribution is 2.30. The second kappa shape index (κ2) is 11.2. The summed E-state index contributed by atoms with van der Waals surface area (Å²) < 4.78 is 0. The first-order chi connectivity index (χ1) is 16.3. The molecule has 4 N–H and O–H groups in total. The van der Waals surface area contributed by atoms with Crippen molar-refractivity contribution in [2.75, 3.05) is 6.54 Å². The van der Waals surface area contributed by atoms with Crippen molar-refractivity contribution in [1.29, 1.82) is 0 Å². The molecule has 2 aromatic carbocycles. The Morgan fingerprint density at radius 2 is 1.79 bits per heavy atom. The van der Waals surface area contributed by atoms with Gasteiger partial charge in [-0.3, -0.25) is 14.6 Å². The maximum absolute atomic E-state index is 12.7. The smallest absolute Gasteiger partial charge is 0.329 e. The summed E-state index contributed by atoms with van der Waals surface area (Å²) in [5, 5.41) is 12.3. The zero-order chi connectivity index (χ0) is 24.6. The first-order valence-electron chi connectivity index (χ1n) is 11.1. The molecule has 8 nitrogen and oxygen atoms in total. The van der Waals surface area contributed by atoms with Crippen molar-refractivity contribution < 1.29 is 19.5 Å². The molecule has 1 amide bonds. The van der Waals surface area contributed by atoms with Crippen LogP contribution in [0, 0.1) is 6.92 Å². The molecule has 1 aliphatic rings. The van der Waals surface area contributed by atoms with Gasteiger partial charge in [-0.05, 0) is 37.5 Å². The van der Waals surface area contributed by atoms with E-state index in [1.54, 1.807) is 42.5 Å². The lowest BCUT2D eigenvalue weighted by molar-refractivity contribution is -0.144. The normalized spacial score (nSPS) is 15.6. The maximum atomic E-state index is 12.7. The van der Waals surface area contributed by atoms with Gasteiger partial charge in [0.05, 0.1) is 12.9 Å². The molecule has 0 aliphatic heterocycles. The lowest BCUT2D eigenvalue weighted by Crippen LogP contribution is -2.52. The third kappa shape index (κ3) is 6.04. The number of aliphatic imine (C=N–C) groups is 2. The highest BCUT2D eigenvalue weighted by atomic mass is 16.4. The van der Waals surface area contributed by atoms with Crippen LogP contribution < -0.4 is 11.1 Å². The molecule has 8 heteroatoms. The number of Topliss-reactive ketones (excluding diaryl/α,β-unsaturated/α-hetero) is 1. The number of hydrogen-bond donors (Lipinski definition) is 3. The molecule has 0 bridgehead atoms. The van der Waals surface area contributed by atoms with Crippen LogP contribution in [0.2, 0.25) is 0 Å². The summed E-state index contributed by atoms with van der Waals surface area (Å²) in [7, 11) is 0. The minimum absolute atomic E-state index is 0.000311. The Kier molecular flexibility index (Phi) is 8.08. The molecular formula is C26H28N4O4. The molecule has 176 valence electrons. The first kappa shape index (κ1) is 24.6. The van der Waals surface area contributed by atoms with Crippen LogP contribution in [0.4, 0.5) is 0 Å². The number of ketones is 1. The molecule has 0 unspecified atom stereocenters. The van der Waals surface area contributed by atoms with Gasteiger partial charge in [-0.1, -0.05) is 67.0 Å². The van der Waals surface area contributed by atoms with E-state index in [9.17, 15) is 19.5 Å². The minimum Gasteiger partial charge on any atom is -0.480 e. The molecular weight excluding hydrogens is 432 g/mol. The van der Waals surface area contributed by atoms with E-state index >= 15 is 0 Å². The summed E-state index contributed by atoms with van der Waals surface area (Å²) in [6.45, 7) is 2.12. The predicted molar refractivity (Wildman–Crippen MR) is 132 cm³/mol. The van der Waals surface area contributed by atoms with Gasteiger partial charge in [-0.25, -0.2) is 9.79 Å². The summed E-state index contributed by atoms with van der Waals surface area (Å²) in [5.41, 5.74) is 6.82. The van der Waals surface area contributed by atoms with Crippen molar-refractivity contribution in [3.05, 3.63) is 76.9 Å². The second-order valence-corrected chi connectivity index (χ2v) is 8.21. The molecule has 3 rings (SSSR count). The van der Waals surface area contributed by atoms with Gasteiger partial charge in [0.15, 0.2) is 5.84 Å². The molecule has 0 heterocycles. The van der Waals surface area contributed by atoms with Crippen molar-refractivity contribution in [3.63, 3.8) is 0 Å². The lowest BCUT2D eigenvalue weighted by atomic mass is 9.97. The van der Waals surface area contributed by atoms with Gasteiger partial charge in [0.2, 0.25) is 5.78 Å². The van der Waals surface area contributed by atoms with Gasteiger partial charge in [-0.15, -0.1) is 0 Å². The van der Waals surface area contributed by atoms with Crippen LogP contribution in [0.5, 0.6) is 0 Å². The Balaban J connectivity index is 1.68. The number of rotatable bonds is 8. The summed E-state index contributed by atoms with van der Waals surface area (Å²) >= 11 is 0. The van der Waals surface area contributed by atoms with Gasteiger partial charge in [0.25, 0.3) is 5.91 Å². The van der Waals surface area contributed by atoms with E-state index in [4.69, 9.17) is 5.73 Å². The predicted octanol–water partition coefficient (Wildman–Crippen LogP) is 3.40. The second-order valence-electron chi connectivity index (χ2n) is 8.21. The van der Waals surface area contributed by atoms with Crippen molar-refractivity contribution >= 4 is 35.9 Å². The number of carboxylic acid groups (broad SMARTS) is 1. The fourth-order valence-corrected chi connectivity index (χ4v) is 3.85. The number of benzene rings is 2. The van der Waals surface area contributed by atoms with E-state index in [0.717, 1.165) is 30.3 Å². The number of aryl methyl sites for hydroxylation is 1. The zero-order valence-corrected chi connectivity index (χ0v) is 19.0. The number of carboxylic acids is 1. The number of carbonyl (C=O) groups is 3. The largest absolute Gasteiger partial charge is 0.480 e. The van der Waals surface area contributed by atoms with Gasteiger partial charge < -0.3 is 16.2 Å². The number of carbonyl (C=O) groups excluding carboxylic acids is 2. The number of hydrogen-bond acceptors (Lipinski definition) is 4. The molecule has 0 atom stereocenters. The van der Waals surface area contributed by atoms with E-state index in [1.807, 2.05) is 25.1 Å². The van der Waals surface area contributed by atoms with Crippen LogP contribution in [0.3, 0.4) is 0 Å². The fraction of sp³-hybridized carbons (Fsp3) is 0.269. The highest BCUT2D eigenvalue weighted by Gasteiger charge is 2.42. The molecule has 1 fully saturated rings. The molecule has 1 aliphatic carbocycles. The van der Waals surface area contributed by atoms with Crippen molar-refractivity contribution in [1.82, 2.24) is 5.32 Å². The molecule has 1 saturated carbocycles. The topological polar surface area (TPSA) is 134 Å². The zero-order valence-electron chi connectivity index (χ0n) is 19.0. The highest BCUT2D eigenvalue weighted by molar-refractivity contribution is 6.46. The van der Waals surface area contributed by atoms with Crippen molar-refractivity contribution in [3.8, 4) is 0 Å². The molecule has 2 aromatic rings. The standard InChI is InChI=1S/C26H28N4O4/c1-18-9-11-20(12-10-18)22(31)23(29-17-27)28-15-5-7-19-6-4-8-21(16-19)24(32)30-26(25(33)34)13-2-3-14-26/h4-12,16-17H,2-3,13-15H2,1H3,(H,30,32)(H,33,34)(H2,27,28,29)/b7-5+. The van der Waals surface area contributed by atoms with Gasteiger partial charge >= 0.3 is 5.97 Å². The number of nitrogens with two attached hydrogens (primary N) is 1. The van der Waals surface area contributed by atoms with Crippen LogP contribution in [0.25, 0.3) is 6.08 Å². The minimum atomic E-state index is -1.19. The fourth-order valence-electron chi connectivity index (χ4n) is 3.85. The molecule has 0 spiro atoms. The molecule has 0 saturated heterocycles. The van der Waals surface area contributed by atoms with Crippen molar-refractivity contribution in [2.24, 2.45) is 15.7 Å². The Labute approximate surface area is 198 Å². The van der Waals surface area contributed by atoms with Crippen LogP contribution >= 0.6 is 0 Å². The third-order valence-electron chi connectivity index (χ3n) is 5.74. The van der Waals surface area contributed by atoms with E-state index in [0.29, 0.717) is 24.0 Å². The number of aliphatic carboxylic acids is 1. The Morgan fingerprint density at radius 1 is 1.09 bits per heavy atom. The molecule has 34 heavy (non-hydrogen) atoms. The summed E-state index contributed by atoms with van der Waals surface area (Å²) in [6, 6.07) is 14.0. The molecule has 0 aromatic heterocycles. The van der Waals surface area contributed by atoms with Crippen LogP contribution in [-0.4, -0.2) is 47.0 Å². The SMILES string of the molecule is Cc1ccc(C(=O)C(N=CN)=NC/C=C/c2cccc(C(=O)NC3(C(=O)O)CCCC3)c2)cc1. The van der Waals surface area contributed by atoms with E-state index in [1.165, 1.54) is 0 Å². The monoisotopic (exact) mass is 460 g/mol. The average molecular weight is 461 g/mol. The number of nitrogens with one attached hydrogen (secondary N) is 1. The van der Waals surface area contributed by atoms with Gasteiger partial charge in [-0.2, -0.15) is 0 Å². The number of amides is 1. The first-order valence-corrected chi connectivity index (χ1v) is 11.1. The quantitative estimate of drug-likeness (QED) is 0.315. The maximum Gasteiger partial charge on any atom is 0.329 e. The van der Waals surface area contributed by atoms with E-state index in [2.05, 4.69) is 15.3 Å². The number of nitrogens with zero attached hydrogens (tertiary/aromatic N) is 2. The summed E-state index contributed by atoms with van der Waals surface area (Å²) in [4.78, 5) is 45.2.